The van der Waals surface area contributed by atoms with E-state index in [0.717, 1.165) is 21.7 Å². The Morgan fingerprint density at radius 1 is 0.933 bits per heavy atom. The second-order valence-corrected chi connectivity index (χ2v) is 3.55. The molecule has 0 fully saturated rings. The van der Waals surface area contributed by atoms with Crippen molar-refractivity contribution in [2.75, 3.05) is 0 Å². The second kappa shape index (κ2) is 2.95. The fourth-order valence-electron chi connectivity index (χ4n) is 1.83. The number of hydrogen-bond acceptors (Lipinski definition) is 2. The molecule has 0 bridgehead atoms. The Morgan fingerprint density at radius 3 is 2.73 bits per heavy atom. The van der Waals surface area contributed by atoms with Crippen LogP contribution in [0.25, 0.3) is 21.7 Å². The third-order valence-corrected chi connectivity index (χ3v) is 2.58. The maximum atomic E-state index is 9.71. The molecule has 0 unspecified atom stereocenters. The Morgan fingerprint density at radius 2 is 1.80 bits per heavy atom. The van der Waals surface area contributed by atoms with Crippen molar-refractivity contribution in [2.24, 2.45) is 0 Å². The van der Waals surface area contributed by atoms with Gasteiger partial charge in [0.2, 0.25) is 0 Å². The van der Waals surface area contributed by atoms with Gasteiger partial charge in [0.1, 0.15) is 5.75 Å². The Bertz CT molecular complexity index is 646. The molecule has 15 heavy (non-hydrogen) atoms. The van der Waals surface area contributed by atoms with Gasteiger partial charge >= 0.3 is 0 Å². The van der Waals surface area contributed by atoms with Crippen molar-refractivity contribution in [3.8, 4) is 5.75 Å². The van der Waals surface area contributed by atoms with Crippen LogP contribution in [0.15, 0.2) is 48.7 Å². The quantitative estimate of drug-likeness (QED) is 0.559. The van der Waals surface area contributed by atoms with Gasteiger partial charge < -0.3 is 5.11 Å². The summed E-state index contributed by atoms with van der Waals surface area (Å²) in [6.45, 7) is 0. The summed E-state index contributed by atoms with van der Waals surface area (Å²) in [5.74, 6) is 0.318. The number of rotatable bonds is 0. The van der Waals surface area contributed by atoms with Crippen molar-refractivity contribution in [1.82, 2.24) is 4.98 Å². The fraction of sp³-hybridized carbons (Fsp3) is 0. The van der Waals surface area contributed by atoms with Gasteiger partial charge in [-0.3, -0.25) is 4.98 Å². The van der Waals surface area contributed by atoms with E-state index in [2.05, 4.69) is 4.98 Å². The monoisotopic (exact) mass is 195 g/mol. The standard InChI is InChI=1S/C13H9NO/c15-13-5-1-3-9-8-12-10(7-11(9)13)4-2-6-14-12/h1-8,15H. The van der Waals surface area contributed by atoms with Crippen LogP contribution in [0.5, 0.6) is 5.75 Å². The van der Waals surface area contributed by atoms with Crippen LogP contribution in [0.4, 0.5) is 0 Å². The van der Waals surface area contributed by atoms with Gasteiger partial charge in [0.15, 0.2) is 0 Å². The summed E-state index contributed by atoms with van der Waals surface area (Å²) >= 11 is 0. The molecule has 0 saturated carbocycles. The largest absolute Gasteiger partial charge is 0.507 e. The molecule has 0 spiro atoms. The van der Waals surface area contributed by atoms with E-state index in [1.165, 1.54) is 0 Å². The smallest absolute Gasteiger partial charge is 0.123 e. The average Bonchev–Trinajstić information content (AvgIpc) is 2.27. The molecule has 0 aliphatic heterocycles. The van der Waals surface area contributed by atoms with Gasteiger partial charge in [-0.05, 0) is 29.7 Å². The lowest BCUT2D eigenvalue weighted by Gasteiger charge is -2.02. The highest BCUT2D eigenvalue weighted by Gasteiger charge is 2.01. The molecule has 1 aromatic heterocycles. The lowest BCUT2D eigenvalue weighted by atomic mass is 10.1. The maximum absolute atomic E-state index is 9.71. The van der Waals surface area contributed by atoms with E-state index in [1.54, 1.807) is 12.3 Å². The molecule has 0 aliphatic carbocycles. The minimum atomic E-state index is 0.318. The number of phenolic OH excluding ortho intramolecular Hbond substituents is 1. The van der Waals surface area contributed by atoms with Crippen LogP contribution in [0.3, 0.4) is 0 Å². The van der Waals surface area contributed by atoms with Crippen molar-refractivity contribution in [3.05, 3.63) is 48.7 Å². The van der Waals surface area contributed by atoms with Gasteiger partial charge in [-0.15, -0.1) is 0 Å². The van der Waals surface area contributed by atoms with Crippen LogP contribution < -0.4 is 0 Å². The lowest BCUT2D eigenvalue weighted by Crippen LogP contribution is -1.79. The van der Waals surface area contributed by atoms with Gasteiger partial charge in [0.05, 0.1) is 5.52 Å². The Hall–Kier alpha value is -2.09. The summed E-state index contributed by atoms with van der Waals surface area (Å²) in [7, 11) is 0. The Labute approximate surface area is 86.8 Å². The van der Waals surface area contributed by atoms with Gasteiger partial charge in [-0.25, -0.2) is 0 Å². The van der Waals surface area contributed by atoms with Crippen molar-refractivity contribution in [3.63, 3.8) is 0 Å². The molecule has 3 aromatic rings. The Kier molecular flexibility index (Phi) is 1.62. The third-order valence-electron chi connectivity index (χ3n) is 2.58. The molecular formula is C13H9NO. The first-order valence-corrected chi connectivity index (χ1v) is 4.81. The summed E-state index contributed by atoms with van der Waals surface area (Å²) in [6.07, 6.45) is 1.77. The van der Waals surface area contributed by atoms with E-state index < -0.39 is 0 Å². The number of aromatic hydroxyl groups is 1. The fourth-order valence-corrected chi connectivity index (χ4v) is 1.83. The molecule has 2 heteroatoms. The molecule has 1 N–H and O–H groups in total. The van der Waals surface area contributed by atoms with Crippen LogP contribution in [-0.2, 0) is 0 Å². The zero-order valence-corrected chi connectivity index (χ0v) is 8.01. The number of benzene rings is 2. The van der Waals surface area contributed by atoms with Crippen LogP contribution in [0.1, 0.15) is 0 Å². The first-order valence-electron chi connectivity index (χ1n) is 4.81. The summed E-state index contributed by atoms with van der Waals surface area (Å²) in [5.41, 5.74) is 0.954. The topological polar surface area (TPSA) is 33.1 Å². The van der Waals surface area contributed by atoms with Crippen LogP contribution >= 0.6 is 0 Å². The van der Waals surface area contributed by atoms with Crippen molar-refractivity contribution in [1.29, 1.82) is 0 Å². The molecule has 0 atom stereocenters. The van der Waals surface area contributed by atoms with Gasteiger partial charge in [0.25, 0.3) is 0 Å². The van der Waals surface area contributed by atoms with Crippen molar-refractivity contribution < 1.29 is 5.11 Å². The predicted molar refractivity (Wildman–Crippen MR) is 60.9 cm³/mol. The van der Waals surface area contributed by atoms with Crippen LogP contribution in [0, 0.1) is 0 Å². The number of hydrogen-bond donors (Lipinski definition) is 1. The molecule has 0 radical (unpaired) electrons. The highest BCUT2D eigenvalue weighted by atomic mass is 16.3. The average molecular weight is 195 g/mol. The van der Waals surface area contributed by atoms with Gasteiger partial charge in [-0.2, -0.15) is 0 Å². The lowest BCUT2D eigenvalue weighted by molar-refractivity contribution is 0.481. The van der Waals surface area contributed by atoms with E-state index in [-0.39, 0.29) is 0 Å². The highest BCUT2D eigenvalue weighted by molar-refractivity contribution is 5.99. The normalized spacial score (nSPS) is 10.9. The summed E-state index contributed by atoms with van der Waals surface area (Å²) in [6, 6.07) is 13.4. The van der Waals surface area contributed by atoms with Crippen molar-refractivity contribution in [2.45, 2.75) is 0 Å². The molecule has 3 rings (SSSR count). The number of pyridine rings is 1. The molecule has 1 heterocycles. The molecule has 2 aromatic carbocycles. The zero-order valence-electron chi connectivity index (χ0n) is 8.01. The highest BCUT2D eigenvalue weighted by Crippen LogP contribution is 2.27. The number of nitrogens with zero attached hydrogens (tertiary/aromatic N) is 1. The van der Waals surface area contributed by atoms with Crippen LogP contribution in [-0.4, -0.2) is 10.1 Å². The molecule has 0 amide bonds. The Balaban J connectivity index is 2.53. The minimum absolute atomic E-state index is 0.318. The SMILES string of the molecule is Oc1cccc2cc3ncccc3cc12. The van der Waals surface area contributed by atoms with E-state index in [4.69, 9.17) is 0 Å². The maximum Gasteiger partial charge on any atom is 0.123 e. The van der Waals surface area contributed by atoms with Gasteiger partial charge in [0, 0.05) is 17.0 Å². The van der Waals surface area contributed by atoms with Gasteiger partial charge in [-0.1, -0.05) is 18.2 Å². The summed E-state index contributed by atoms with van der Waals surface area (Å²) in [4.78, 5) is 4.28. The van der Waals surface area contributed by atoms with Crippen molar-refractivity contribution >= 4 is 21.7 Å². The van der Waals surface area contributed by atoms with E-state index in [9.17, 15) is 5.11 Å². The minimum Gasteiger partial charge on any atom is -0.507 e. The van der Waals surface area contributed by atoms with E-state index >= 15 is 0 Å². The summed E-state index contributed by atoms with van der Waals surface area (Å²) < 4.78 is 0. The number of aromatic nitrogens is 1. The number of phenols is 1. The third kappa shape index (κ3) is 1.22. The molecule has 0 aliphatic rings. The summed E-state index contributed by atoms with van der Waals surface area (Å²) in [5, 5.41) is 12.6. The molecular weight excluding hydrogens is 186 g/mol. The van der Waals surface area contributed by atoms with E-state index in [0.29, 0.717) is 5.75 Å². The zero-order chi connectivity index (χ0) is 10.3. The van der Waals surface area contributed by atoms with Crippen LogP contribution in [0.2, 0.25) is 0 Å². The molecule has 72 valence electrons. The molecule has 2 nitrogen and oxygen atoms in total. The first kappa shape index (κ1) is 8.24. The second-order valence-electron chi connectivity index (χ2n) is 3.55. The van der Waals surface area contributed by atoms with E-state index in [1.807, 2.05) is 36.4 Å². The predicted octanol–water partition coefficient (Wildman–Crippen LogP) is 3.09. The molecule has 0 saturated heterocycles. The first-order chi connectivity index (χ1) is 7.34. The number of fused-ring (bicyclic) bond motifs is 2.